The topological polar surface area (TPSA) is 52.3 Å². The summed E-state index contributed by atoms with van der Waals surface area (Å²) in [5.74, 6) is -0.191. The molecular formula is C13H19NO2S. The zero-order valence-corrected chi connectivity index (χ0v) is 11.1. The summed E-state index contributed by atoms with van der Waals surface area (Å²) in [5, 5.41) is -0.0562. The van der Waals surface area contributed by atoms with E-state index in [4.69, 9.17) is 10.5 Å². The summed E-state index contributed by atoms with van der Waals surface area (Å²) < 4.78 is 5.10. The summed E-state index contributed by atoms with van der Waals surface area (Å²) in [4.78, 5) is 11.9. The molecule has 0 aliphatic carbocycles. The third kappa shape index (κ3) is 4.40. The monoisotopic (exact) mass is 253 g/mol. The fourth-order valence-electron chi connectivity index (χ4n) is 1.40. The van der Waals surface area contributed by atoms with Gasteiger partial charge in [0.2, 0.25) is 0 Å². The van der Waals surface area contributed by atoms with Gasteiger partial charge >= 0.3 is 5.97 Å². The van der Waals surface area contributed by atoms with Crippen molar-refractivity contribution >= 4 is 17.7 Å². The highest BCUT2D eigenvalue weighted by atomic mass is 32.2. The number of hydrogen-bond acceptors (Lipinski definition) is 4. The van der Waals surface area contributed by atoms with Crippen LogP contribution in [0.3, 0.4) is 0 Å². The molecule has 0 spiro atoms. The fraction of sp³-hybridized carbons (Fsp3) is 0.462. The van der Waals surface area contributed by atoms with Gasteiger partial charge in [-0.15, -0.1) is 11.8 Å². The number of ether oxygens (including phenoxy) is 1. The van der Waals surface area contributed by atoms with Crippen LogP contribution >= 0.6 is 11.8 Å². The maximum atomic E-state index is 11.9. The summed E-state index contributed by atoms with van der Waals surface area (Å²) >= 11 is 1.55. The number of carbonyl (C=O) groups excluding carboxylic acids is 1. The normalized spacial score (nSPS) is 14.1. The lowest BCUT2D eigenvalue weighted by Crippen LogP contribution is -2.20. The minimum Gasteiger partial charge on any atom is -0.465 e. The molecule has 2 atom stereocenters. The number of thioether (sulfide) groups is 1. The van der Waals surface area contributed by atoms with E-state index in [-0.39, 0.29) is 16.5 Å². The Bertz CT molecular complexity index is 343. The van der Waals surface area contributed by atoms with E-state index in [1.54, 1.807) is 11.8 Å². The number of rotatable bonds is 6. The van der Waals surface area contributed by atoms with Gasteiger partial charge in [0.25, 0.3) is 0 Å². The van der Waals surface area contributed by atoms with E-state index in [0.717, 1.165) is 5.56 Å². The van der Waals surface area contributed by atoms with Crippen LogP contribution in [0.4, 0.5) is 0 Å². The number of carbonyl (C=O) groups is 1. The number of nitrogens with two attached hydrogens (primary N) is 1. The van der Waals surface area contributed by atoms with Crippen LogP contribution in [-0.4, -0.2) is 24.4 Å². The Morgan fingerprint density at radius 3 is 2.59 bits per heavy atom. The zero-order chi connectivity index (χ0) is 12.7. The van der Waals surface area contributed by atoms with Crippen molar-refractivity contribution in [2.45, 2.75) is 24.3 Å². The van der Waals surface area contributed by atoms with Gasteiger partial charge in [-0.05, 0) is 12.5 Å². The Morgan fingerprint density at radius 2 is 2.06 bits per heavy atom. The SMILES string of the molecule is CCOC(=O)C(SC(C)CN)c1ccccc1. The maximum Gasteiger partial charge on any atom is 0.323 e. The number of hydrogen-bond donors (Lipinski definition) is 1. The lowest BCUT2D eigenvalue weighted by Gasteiger charge is -2.18. The van der Waals surface area contributed by atoms with Gasteiger partial charge in [0, 0.05) is 11.8 Å². The van der Waals surface area contributed by atoms with Crippen molar-refractivity contribution in [1.82, 2.24) is 0 Å². The van der Waals surface area contributed by atoms with Gasteiger partial charge in [0.15, 0.2) is 0 Å². The highest BCUT2D eigenvalue weighted by molar-refractivity contribution is 8.00. The Kier molecular flexibility index (Phi) is 6.08. The van der Waals surface area contributed by atoms with Gasteiger partial charge in [-0.25, -0.2) is 0 Å². The van der Waals surface area contributed by atoms with Crippen LogP contribution < -0.4 is 5.73 Å². The van der Waals surface area contributed by atoms with Crippen LogP contribution in [0.5, 0.6) is 0 Å². The molecule has 0 saturated carbocycles. The van der Waals surface area contributed by atoms with Gasteiger partial charge in [-0.1, -0.05) is 37.3 Å². The van der Waals surface area contributed by atoms with Crippen LogP contribution in [0.15, 0.2) is 30.3 Å². The molecule has 0 radical (unpaired) electrons. The Hall–Kier alpha value is -1.00. The summed E-state index contributed by atoms with van der Waals surface area (Å²) in [7, 11) is 0. The first-order chi connectivity index (χ1) is 8.19. The predicted molar refractivity (Wildman–Crippen MR) is 71.9 cm³/mol. The van der Waals surface area contributed by atoms with Crippen LogP contribution in [0.1, 0.15) is 24.7 Å². The maximum absolute atomic E-state index is 11.9. The summed E-state index contributed by atoms with van der Waals surface area (Å²) in [6.45, 7) is 4.78. The average molecular weight is 253 g/mol. The standard InChI is InChI=1S/C13H19NO2S/c1-3-16-13(15)12(17-10(2)9-14)11-7-5-4-6-8-11/h4-8,10,12H,3,9,14H2,1-2H3. The highest BCUT2D eigenvalue weighted by Crippen LogP contribution is 2.32. The fourth-order valence-corrected chi connectivity index (χ4v) is 2.47. The Balaban J connectivity index is 2.82. The minimum absolute atomic E-state index is 0.191. The second-order valence-electron chi connectivity index (χ2n) is 3.73. The molecule has 1 rings (SSSR count). The van der Waals surface area contributed by atoms with E-state index in [0.29, 0.717) is 13.2 Å². The van der Waals surface area contributed by atoms with Crippen molar-refractivity contribution in [2.75, 3.05) is 13.2 Å². The second-order valence-corrected chi connectivity index (χ2v) is 5.27. The molecular weight excluding hydrogens is 234 g/mol. The molecule has 0 amide bonds. The molecule has 4 heteroatoms. The molecule has 0 fully saturated rings. The van der Waals surface area contributed by atoms with E-state index in [2.05, 4.69) is 0 Å². The summed E-state index contributed by atoms with van der Waals surface area (Å²) in [6.07, 6.45) is 0. The quantitative estimate of drug-likeness (QED) is 0.791. The van der Waals surface area contributed by atoms with Crippen molar-refractivity contribution in [2.24, 2.45) is 5.73 Å². The van der Waals surface area contributed by atoms with Crippen molar-refractivity contribution in [3.63, 3.8) is 0 Å². The summed E-state index contributed by atoms with van der Waals surface area (Å²) in [6, 6.07) is 9.67. The van der Waals surface area contributed by atoms with Crippen molar-refractivity contribution in [3.8, 4) is 0 Å². The van der Waals surface area contributed by atoms with Crippen molar-refractivity contribution in [3.05, 3.63) is 35.9 Å². The molecule has 1 aromatic rings. The third-order valence-corrected chi connectivity index (χ3v) is 3.70. The van der Waals surface area contributed by atoms with Crippen molar-refractivity contribution in [1.29, 1.82) is 0 Å². The molecule has 1 aromatic carbocycles. The second kappa shape index (κ2) is 7.35. The molecule has 2 N–H and O–H groups in total. The highest BCUT2D eigenvalue weighted by Gasteiger charge is 2.24. The van der Waals surface area contributed by atoms with Gasteiger partial charge in [0.05, 0.1) is 6.61 Å². The molecule has 94 valence electrons. The molecule has 3 nitrogen and oxygen atoms in total. The van der Waals surface area contributed by atoms with Gasteiger partial charge in [0.1, 0.15) is 5.25 Å². The average Bonchev–Trinajstić information content (AvgIpc) is 2.36. The molecule has 17 heavy (non-hydrogen) atoms. The van der Waals surface area contributed by atoms with E-state index in [1.807, 2.05) is 44.2 Å². The molecule has 0 aromatic heterocycles. The first kappa shape index (κ1) is 14.1. The number of benzene rings is 1. The van der Waals surface area contributed by atoms with Gasteiger partial charge < -0.3 is 10.5 Å². The molecule has 0 aliphatic heterocycles. The van der Waals surface area contributed by atoms with E-state index >= 15 is 0 Å². The largest absolute Gasteiger partial charge is 0.465 e. The number of esters is 1. The van der Waals surface area contributed by atoms with Crippen LogP contribution in [0, 0.1) is 0 Å². The molecule has 0 saturated heterocycles. The molecule has 0 aliphatic rings. The van der Waals surface area contributed by atoms with E-state index in [9.17, 15) is 4.79 Å². The smallest absolute Gasteiger partial charge is 0.323 e. The van der Waals surface area contributed by atoms with Gasteiger partial charge in [-0.3, -0.25) is 4.79 Å². The predicted octanol–water partition coefficient (Wildman–Crippen LogP) is 2.37. The lowest BCUT2D eigenvalue weighted by atomic mass is 10.1. The molecule has 0 heterocycles. The van der Waals surface area contributed by atoms with E-state index < -0.39 is 0 Å². The van der Waals surface area contributed by atoms with Crippen LogP contribution in [0.2, 0.25) is 0 Å². The Labute approximate surface area is 107 Å². The zero-order valence-electron chi connectivity index (χ0n) is 10.3. The van der Waals surface area contributed by atoms with E-state index in [1.165, 1.54) is 0 Å². The molecule has 2 unspecified atom stereocenters. The first-order valence-corrected chi connectivity index (χ1v) is 6.70. The van der Waals surface area contributed by atoms with Crippen LogP contribution in [-0.2, 0) is 9.53 Å². The first-order valence-electron chi connectivity index (χ1n) is 5.76. The summed E-state index contributed by atoms with van der Waals surface area (Å²) in [5.41, 5.74) is 6.57. The third-order valence-electron chi connectivity index (χ3n) is 2.30. The Morgan fingerprint density at radius 1 is 1.41 bits per heavy atom. The molecule has 0 bridgehead atoms. The van der Waals surface area contributed by atoms with Crippen LogP contribution in [0.25, 0.3) is 0 Å². The van der Waals surface area contributed by atoms with Crippen molar-refractivity contribution < 1.29 is 9.53 Å². The van der Waals surface area contributed by atoms with Gasteiger partial charge in [-0.2, -0.15) is 0 Å². The minimum atomic E-state index is -0.283. The lowest BCUT2D eigenvalue weighted by molar-refractivity contribution is -0.142.